The second-order valence-corrected chi connectivity index (χ2v) is 7.79. The maximum absolute atomic E-state index is 11.4. The van der Waals surface area contributed by atoms with Crippen molar-refractivity contribution in [2.24, 2.45) is 0 Å². The van der Waals surface area contributed by atoms with Gasteiger partial charge in [-0.25, -0.2) is 9.97 Å². The van der Waals surface area contributed by atoms with Crippen molar-refractivity contribution in [3.8, 4) is 17.3 Å². The molecule has 29 heavy (non-hydrogen) atoms. The van der Waals surface area contributed by atoms with E-state index in [2.05, 4.69) is 30.6 Å². The van der Waals surface area contributed by atoms with Crippen molar-refractivity contribution >= 4 is 33.5 Å². The number of hydrogen-bond donors (Lipinski definition) is 0. The van der Waals surface area contributed by atoms with Crippen LogP contribution in [-0.2, 0) is 16.0 Å². The van der Waals surface area contributed by atoms with Crippen LogP contribution in [0.4, 0.5) is 0 Å². The Bertz CT molecular complexity index is 975. The Balaban J connectivity index is 1.56. The van der Waals surface area contributed by atoms with Crippen molar-refractivity contribution in [3.05, 3.63) is 64.6 Å². The number of esters is 1. The lowest BCUT2D eigenvalue weighted by Gasteiger charge is -2.09. The number of benzene rings is 1. The molecule has 0 saturated heterocycles. The van der Waals surface area contributed by atoms with Gasteiger partial charge in [-0.15, -0.1) is 0 Å². The second-order valence-electron chi connectivity index (χ2n) is 6.28. The third-order valence-corrected chi connectivity index (χ3v) is 5.46. The van der Waals surface area contributed by atoms with Crippen LogP contribution in [0, 0.1) is 6.92 Å². The van der Waals surface area contributed by atoms with Crippen molar-refractivity contribution in [2.75, 3.05) is 13.7 Å². The summed E-state index contributed by atoms with van der Waals surface area (Å²) in [6.45, 7) is 2.27. The molecule has 0 spiro atoms. The molecule has 0 aliphatic carbocycles. The van der Waals surface area contributed by atoms with Gasteiger partial charge in [0, 0.05) is 18.7 Å². The third kappa shape index (κ3) is 5.58. The fraction of sp³-hybridized carbons (Fsp3) is 0.286. The highest BCUT2D eigenvalue weighted by molar-refractivity contribution is 9.09. The first kappa shape index (κ1) is 21.3. The molecule has 3 rings (SSSR count). The summed E-state index contributed by atoms with van der Waals surface area (Å²) >= 11 is 9.67. The SMILES string of the molecule is COC(=O)CC(Br)c1ccc(OCCc2nc(-c3ccccc3Cl)oc2C)nc1. The summed E-state index contributed by atoms with van der Waals surface area (Å²) < 4.78 is 16.1. The van der Waals surface area contributed by atoms with Crippen LogP contribution in [0.25, 0.3) is 11.5 Å². The number of carbonyl (C=O) groups excluding carboxylic acids is 1. The smallest absolute Gasteiger partial charge is 0.306 e. The molecular weight excluding hydrogens is 460 g/mol. The summed E-state index contributed by atoms with van der Waals surface area (Å²) in [6, 6.07) is 11.1. The Morgan fingerprint density at radius 2 is 2.07 bits per heavy atom. The average molecular weight is 480 g/mol. The highest BCUT2D eigenvalue weighted by Crippen LogP contribution is 2.29. The minimum Gasteiger partial charge on any atom is -0.477 e. The van der Waals surface area contributed by atoms with Gasteiger partial charge in [-0.1, -0.05) is 45.7 Å². The number of methoxy groups -OCH3 is 1. The number of nitrogens with zero attached hydrogens (tertiary/aromatic N) is 2. The van der Waals surface area contributed by atoms with Crippen molar-refractivity contribution in [1.29, 1.82) is 0 Å². The van der Waals surface area contributed by atoms with Gasteiger partial charge in [-0.05, 0) is 24.6 Å². The van der Waals surface area contributed by atoms with Crippen molar-refractivity contribution < 1.29 is 18.7 Å². The van der Waals surface area contributed by atoms with E-state index in [1.54, 1.807) is 18.3 Å². The van der Waals surface area contributed by atoms with Crippen molar-refractivity contribution in [2.45, 2.75) is 24.6 Å². The van der Waals surface area contributed by atoms with Crippen LogP contribution in [0.5, 0.6) is 5.88 Å². The fourth-order valence-corrected chi connectivity index (χ4v) is 3.42. The lowest BCUT2D eigenvalue weighted by Crippen LogP contribution is -2.06. The first-order valence-corrected chi connectivity index (χ1v) is 10.3. The molecule has 0 aliphatic rings. The molecule has 1 aromatic carbocycles. The van der Waals surface area contributed by atoms with Crippen molar-refractivity contribution in [1.82, 2.24) is 9.97 Å². The predicted molar refractivity (Wildman–Crippen MR) is 113 cm³/mol. The highest BCUT2D eigenvalue weighted by Gasteiger charge is 2.15. The van der Waals surface area contributed by atoms with E-state index in [-0.39, 0.29) is 17.2 Å². The zero-order valence-corrected chi connectivity index (χ0v) is 18.4. The first-order valence-electron chi connectivity index (χ1n) is 8.98. The van der Waals surface area contributed by atoms with Crippen LogP contribution < -0.4 is 4.74 Å². The van der Waals surface area contributed by atoms with Crippen LogP contribution in [0.1, 0.15) is 28.3 Å². The number of aromatic nitrogens is 2. The van der Waals surface area contributed by atoms with E-state index in [1.165, 1.54) is 7.11 Å². The standard InChI is InChI=1S/C21H20BrClN2O4/c1-13-18(25-21(29-13)15-5-3-4-6-17(15)23)9-10-28-19-8-7-14(12-24-19)16(22)11-20(26)27-2/h3-8,12,16H,9-11H2,1-2H3. The molecule has 0 N–H and O–H groups in total. The summed E-state index contributed by atoms with van der Waals surface area (Å²) in [4.78, 5) is 20.0. The van der Waals surface area contributed by atoms with E-state index in [4.69, 9.17) is 20.8 Å². The summed E-state index contributed by atoms with van der Waals surface area (Å²) in [5.74, 6) is 1.45. The molecule has 0 aliphatic heterocycles. The van der Waals surface area contributed by atoms with Gasteiger partial charge in [-0.3, -0.25) is 4.79 Å². The fourth-order valence-electron chi connectivity index (χ4n) is 2.67. The molecule has 0 amide bonds. The van der Waals surface area contributed by atoms with E-state index < -0.39 is 0 Å². The summed E-state index contributed by atoms with van der Waals surface area (Å²) in [5, 5.41) is 0.595. The number of ether oxygens (including phenoxy) is 2. The van der Waals surface area contributed by atoms with Crippen LogP contribution in [0.15, 0.2) is 47.0 Å². The zero-order chi connectivity index (χ0) is 20.8. The lowest BCUT2D eigenvalue weighted by molar-refractivity contribution is -0.140. The molecule has 6 nitrogen and oxygen atoms in total. The van der Waals surface area contributed by atoms with E-state index >= 15 is 0 Å². The van der Waals surface area contributed by atoms with Crippen LogP contribution in [-0.4, -0.2) is 29.7 Å². The number of halogens is 2. The molecule has 1 unspecified atom stereocenters. The van der Waals surface area contributed by atoms with Gasteiger partial charge in [0.1, 0.15) is 5.76 Å². The van der Waals surface area contributed by atoms with E-state index in [0.29, 0.717) is 29.8 Å². The van der Waals surface area contributed by atoms with E-state index in [1.807, 2.05) is 31.2 Å². The van der Waals surface area contributed by atoms with Gasteiger partial charge in [0.2, 0.25) is 11.8 Å². The molecule has 0 bridgehead atoms. The maximum atomic E-state index is 11.4. The number of pyridine rings is 1. The Labute approximate surface area is 182 Å². The van der Waals surface area contributed by atoms with E-state index in [0.717, 1.165) is 22.6 Å². The van der Waals surface area contributed by atoms with Gasteiger partial charge in [-0.2, -0.15) is 0 Å². The Kier molecular flexibility index (Phi) is 7.28. The number of oxazole rings is 1. The Morgan fingerprint density at radius 1 is 1.28 bits per heavy atom. The maximum Gasteiger partial charge on any atom is 0.306 e. The van der Waals surface area contributed by atoms with Gasteiger partial charge >= 0.3 is 5.97 Å². The van der Waals surface area contributed by atoms with Gasteiger partial charge in [0.05, 0.1) is 41.2 Å². The van der Waals surface area contributed by atoms with Gasteiger partial charge in [0.15, 0.2) is 0 Å². The molecule has 1 atom stereocenters. The Morgan fingerprint density at radius 3 is 2.76 bits per heavy atom. The number of rotatable bonds is 8. The van der Waals surface area contributed by atoms with Crippen LogP contribution in [0.3, 0.4) is 0 Å². The first-order chi connectivity index (χ1) is 14.0. The molecular formula is C21H20BrClN2O4. The molecule has 152 valence electrons. The number of hydrogen-bond acceptors (Lipinski definition) is 6. The van der Waals surface area contributed by atoms with Crippen LogP contribution in [0.2, 0.25) is 5.02 Å². The number of aryl methyl sites for hydroxylation is 1. The summed E-state index contributed by atoms with van der Waals surface area (Å²) in [5.41, 5.74) is 2.45. The van der Waals surface area contributed by atoms with Crippen LogP contribution >= 0.6 is 27.5 Å². The monoisotopic (exact) mass is 478 g/mol. The van der Waals surface area contributed by atoms with E-state index in [9.17, 15) is 4.79 Å². The molecule has 2 heterocycles. The normalized spacial score (nSPS) is 11.9. The molecule has 0 radical (unpaired) electrons. The predicted octanol–water partition coefficient (Wildman–Crippen LogP) is 5.32. The highest BCUT2D eigenvalue weighted by atomic mass is 79.9. The molecule has 3 aromatic rings. The minimum atomic E-state index is -0.286. The molecule has 0 fully saturated rings. The molecule has 0 saturated carbocycles. The number of alkyl halides is 1. The number of carbonyl (C=O) groups is 1. The van der Waals surface area contributed by atoms with Gasteiger partial charge in [0.25, 0.3) is 0 Å². The third-order valence-electron chi connectivity index (χ3n) is 4.28. The lowest BCUT2D eigenvalue weighted by atomic mass is 10.1. The Hall–Kier alpha value is -2.38. The van der Waals surface area contributed by atoms with Gasteiger partial charge < -0.3 is 13.9 Å². The molecule has 2 aromatic heterocycles. The summed E-state index contributed by atoms with van der Waals surface area (Å²) in [7, 11) is 1.37. The summed E-state index contributed by atoms with van der Waals surface area (Å²) in [6.07, 6.45) is 2.48. The largest absolute Gasteiger partial charge is 0.477 e. The zero-order valence-electron chi connectivity index (χ0n) is 16.0. The minimum absolute atomic E-state index is 0.155. The topological polar surface area (TPSA) is 74.5 Å². The quantitative estimate of drug-likeness (QED) is 0.322. The second kappa shape index (κ2) is 9.89. The van der Waals surface area contributed by atoms with Crippen molar-refractivity contribution in [3.63, 3.8) is 0 Å². The molecule has 8 heteroatoms. The average Bonchev–Trinajstić information content (AvgIpc) is 3.09.